The lowest BCUT2D eigenvalue weighted by Crippen LogP contribution is -1.86. The Labute approximate surface area is 186 Å². The molecule has 0 unspecified atom stereocenters. The molecule has 0 saturated heterocycles. The van der Waals surface area contributed by atoms with Crippen LogP contribution in [0, 0.1) is 0 Å². The molecule has 0 aromatic heterocycles. The third-order valence-corrected chi connectivity index (χ3v) is 6.80. The van der Waals surface area contributed by atoms with E-state index in [-0.39, 0.29) is 0 Å². The Morgan fingerprint density at radius 3 is 1.50 bits per heavy atom. The molecular weight excluding hydrogens is 384 g/mol. The van der Waals surface area contributed by atoms with Gasteiger partial charge in [-0.05, 0) is 83.2 Å². The van der Waals surface area contributed by atoms with Crippen LogP contribution in [-0.2, 0) is 0 Å². The average Bonchev–Trinajstić information content (AvgIpc) is 2.87. The van der Waals surface area contributed by atoms with Gasteiger partial charge in [0.15, 0.2) is 0 Å². The van der Waals surface area contributed by atoms with E-state index in [1.54, 1.807) is 0 Å². The van der Waals surface area contributed by atoms with Gasteiger partial charge in [-0.2, -0.15) is 0 Å². The van der Waals surface area contributed by atoms with Gasteiger partial charge in [-0.3, -0.25) is 0 Å². The van der Waals surface area contributed by atoms with Crippen molar-refractivity contribution in [3.05, 3.63) is 121 Å². The van der Waals surface area contributed by atoms with Gasteiger partial charge in [0.25, 0.3) is 0 Å². The molecule has 0 radical (unpaired) electrons. The quantitative estimate of drug-likeness (QED) is 0.189. The standard InChI is InChI=1S/C32H20/c1-2-9-22-19-31-23(18-21(22)8-1)10-7-15-25(31)24-16-17-30-28-13-4-3-11-26(28)27-12-5-6-14-29(27)32(30)20-24/h1-20H. The maximum Gasteiger partial charge on any atom is -0.00928 e. The van der Waals surface area contributed by atoms with E-state index < -0.39 is 0 Å². The van der Waals surface area contributed by atoms with Gasteiger partial charge in [-0.25, -0.2) is 0 Å². The largest absolute Gasteiger partial charge is 0.0616 e. The predicted octanol–water partition coefficient (Wildman–Crippen LogP) is 9.12. The first-order valence-electron chi connectivity index (χ1n) is 11.1. The summed E-state index contributed by atoms with van der Waals surface area (Å²) in [5.41, 5.74) is 2.55. The van der Waals surface area contributed by atoms with Gasteiger partial charge in [0, 0.05) is 0 Å². The summed E-state index contributed by atoms with van der Waals surface area (Å²) in [6.07, 6.45) is 0. The summed E-state index contributed by atoms with van der Waals surface area (Å²) in [5.74, 6) is 0. The van der Waals surface area contributed by atoms with Crippen LogP contribution in [0.2, 0.25) is 0 Å². The van der Waals surface area contributed by atoms with Crippen molar-refractivity contribution in [3.8, 4) is 11.1 Å². The Bertz CT molecular complexity index is 1790. The first-order chi connectivity index (χ1) is 15.9. The highest BCUT2D eigenvalue weighted by molar-refractivity contribution is 6.26. The third-order valence-electron chi connectivity index (χ3n) is 6.80. The number of hydrogen-bond acceptors (Lipinski definition) is 0. The zero-order chi connectivity index (χ0) is 21.1. The lowest BCUT2D eigenvalue weighted by molar-refractivity contribution is 1.70. The summed E-state index contributed by atoms with van der Waals surface area (Å²) in [6.45, 7) is 0. The van der Waals surface area contributed by atoms with E-state index in [0.717, 1.165) is 0 Å². The second kappa shape index (κ2) is 6.67. The van der Waals surface area contributed by atoms with Crippen LogP contribution in [0.1, 0.15) is 0 Å². The van der Waals surface area contributed by atoms with Crippen LogP contribution < -0.4 is 0 Å². The highest BCUT2D eigenvalue weighted by atomic mass is 14.1. The SMILES string of the molecule is c1ccc2cc3c(-c4ccc5c6ccccc6c6ccccc6c5c4)cccc3cc2c1. The molecule has 0 aliphatic rings. The molecule has 7 aromatic rings. The summed E-state index contributed by atoms with van der Waals surface area (Å²) in [4.78, 5) is 0. The Morgan fingerprint density at radius 1 is 0.281 bits per heavy atom. The van der Waals surface area contributed by atoms with Crippen LogP contribution in [0.3, 0.4) is 0 Å². The fourth-order valence-electron chi connectivity index (χ4n) is 5.29. The summed E-state index contributed by atoms with van der Waals surface area (Å²) in [7, 11) is 0. The van der Waals surface area contributed by atoms with Crippen molar-refractivity contribution in [2.45, 2.75) is 0 Å². The molecule has 0 heterocycles. The van der Waals surface area contributed by atoms with Crippen molar-refractivity contribution in [2.24, 2.45) is 0 Å². The van der Waals surface area contributed by atoms with Crippen LogP contribution in [0.25, 0.3) is 65.0 Å². The predicted molar refractivity (Wildman–Crippen MR) is 139 cm³/mol. The fourth-order valence-corrected chi connectivity index (χ4v) is 5.29. The van der Waals surface area contributed by atoms with E-state index in [1.807, 2.05) is 0 Å². The molecule has 0 aliphatic carbocycles. The van der Waals surface area contributed by atoms with Crippen LogP contribution in [-0.4, -0.2) is 0 Å². The second-order valence-corrected chi connectivity index (χ2v) is 8.58. The molecule has 148 valence electrons. The molecule has 7 rings (SSSR count). The normalized spacial score (nSPS) is 11.8. The zero-order valence-corrected chi connectivity index (χ0v) is 17.5. The van der Waals surface area contributed by atoms with E-state index in [4.69, 9.17) is 0 Å². The van der Waals surface area contributed by atoms with Crippen molar-refractivity contribution in [3.63, 3.8) is 0 Å². The van der Waals surface area contributed by atoms with Crippen molar-refractivity contribution < 1.29 is 0 Å². The van der Waals surface area contributed by atoms with Crippen LogP contribution in [0.5, 0.6) is 0 Å². The monoisotopic (exact) mass is 404 g/mol. The molecule has 32 heavy (non-hydrogen) atoms. The van der Waals surface area contributed by atoms with Crippen molar-refractivity contribution in [1.82, 2.24) is 0 Å². The van der Waals surface area contributed by atoms with E-state index in [9.17, 15) is 0 Å². The minimum atomic E-state index is 1.26. The molecule has 0 fully saturated rings. The Morgan fingerprint density at radius 2 is 0.812 bits per heavy atom. The van der Waals surface area contributed by atoms with Gasteiger partial charge in [-0.15, -0.1) is 0 Å². The van der Waals surface area contributed by atoms with Gasteiger partial charge < -0.3 is 0 Å². The summed E-state index contributed by atoms with van der Waals surface area (Å²) >= 11 is 0. The number of rotatable bonds is 1. The molecule has 0 N–H and O–H groups in total. The minimum Gasteiger partial charge on any atom is -0.0616 e. The number of hydrogen-bond donors (Lipinski definition) is 0. The van der Waals surface area contributed by atoms with Crippen LogP contribution >= 0.6 is 0 Å². The second-order valence-electron chi connectivity index (χ2n) is 8.58. The van der Waals surface area contributed by atoms with E-state index in [0.29, 0.717) is 0 Å². The highest BCUT2D eigenvalue weighted by Crippen LogP contribution is 2.38. The molecule has 0 aliphatic heterocycles. The lowest BCUT2D eigenvalue weighted by Gasteiger charge is -2.13. The van der Waals surface area contributed by atoms with Crippen LogP contribution in [0.15, 0.2) is 121 Å². The molecule has 0 saturated carbocycles. The van der Waals surface area contributed by atoms with Crippen LogP contribution in [0.4, 0.5) is 0 Å². The van der Waals surface area contributed by atoms with Gasteiger partial charge in [-0.1, -0.05) is 103 Å². The maximum atomic E-state index is 2.38. The number of benzene rings is 7. The topological polar surface area (TPSA) is 0 Å². The molecule has 0 bridgehead atoms. The lowest BCUT2D eigenvalue weighted by atomic mass is 9.90. The highest BCUT2D eigenvalue weighted by Gasteiger charge is 2.11. The summed E-state index contributed by atoms with van der Waals surface area (Å²) in [6, 6.07) is 44.4. The van der Waals surface area contributed by atoms with Gasteiger partial charge in [0.1, 0.15) is 0 Å². The van der Waals surface area contributed by atoms with E-state index >= 15 is 0 Å². The van der Waals surface area contributed by atoms with E-state index in [1.165, 1.54) is 65.0 Å². The fraction of sp³-hybridized carbons (Fsp3) is 0. The third kappa shape index (κ3) is 2.50. The summed E-state index contributed by atoms with van der Waals surface area (Å²) in [5, 5.41) is 13.0. The minimum absolute atomic E-state index is 1.26. The molecule has 0 heteroatoms. The van der Waals surface area contributed by atoms with E-state index in [2.05, 4.69) is 121 Å². The average molecular weight is 405 g/mol. The molecule has 0 atom stereocenters. The first-order valence-corrected chi connectivity index (χ1v) is 11.1. The smallest absolute Gasteiger partial charge is 0.00928 e. The Hall–Kier alpha value is -4.16. The summed E-state index contributed by atoms with van der Waals surface area (Å²) < 4.78 is 0. The molecule has 7 aromatic carbocycles. The maximum absolute atomic E-state index is 2.38. The molecule has 0 amide bonds. The Kier molecular flexibility index (Phi) is 3.65. The van der Waals surface area contributed by atoms with Crippen molar-refractivity contribution in [1.29, 1.82) is 0 Å². The zero-order valence-electron chi connectivity index (χ0n) is 17.5. The van der Waals surface area contributed by atoms with Gasteiger partial charge in [0.2, 0.25) is 0 Å². The van der Waals surface area contributed by atoms with Gasteiger partial charge >= 0.3 is 0 Å². The Balaban J connectivity index is 1.58. The number of fused-ring (bicyclic) bond motifs is 8. The van der Waals surface area contributed by atoms with Crippen molar-refractivity contribution in [2.75, 3.05) is 0 Å². The molecule has 0 nitrogen and oxygen atoms in total. The molecule has 0 spiro atoms. The van der Waals surface area contributed by atoms with Gasteiger partial charge in [0.05, 0.1) is 0 Å². The van der Waals surface area contributed by atoms with Crippen molar-refractivity contribution >= 4 is 53.9 Å². The first kappa shape index (κ1) is 17.5. The molecular formula is C32H20.